The Morgan fingerprint density at radius 3 is 2.54 bits per heavy atom. The van der Waals surface area contributed by atoms with Crippen LogP contribution in [-0.2, 0) is 16.1 Å². The number of hydrogen-bond donors (Lipinski definition) is 1. The van der Waals surface area contributed by atoms with Crippen LogP contribution in [0.5, 0.6) is 5.75 Å². The molecule has 2 aromatic carbocycles. The SMILES string of the molecule is O=C(OCCCOc1ccc(F)cc1)c1ccccc1CN1C(=O)CNC1=O. The fraction of sp³-hybridized carbons (Fsp3) is 0.250. The molecule has 1 saturated heterocycles. The summed E-state index contributed by atoms with van der Waals surface area (Å²) in [6.07, 6.45) is 0.457. The van der Waals surface area contributed by atoms with Crippen molar-refractivity contribution in [3.8, 4) is 5.75 Å². The second kappa shape index (κ2) is 8.98. The third-order valence-corrected chi connectivity index (χ3v) is 4.11. The standard InChI is InChI=1S/C20H19FN2O5/c21-15-6-8-16(9-7-15)27-10-3-11-28-19(25)17-5-2-1-4-14(17)13-23-18(24)12-22-20(23)26/h1-2,4-9H,3,10-13H2,(H,22,26). The van der Waals surface area contributed by atoms with Crippen LogP contribution in [0.4, 0.5) is 9.18 Å². The molecule has 1 aliphatic rings. The number of carbonyl (C=O) groups is 3. The summed E-state index contributed by atoms with van der Waals surface area (Å²) in [5.74, 6) is -0.685. The van der Waals surface area contributed by atoms with Crippen LogP contribution in [-0.4, -0.2) is 42.6 Å². The molecule has 0 saturated carbocycles. The van der Waals surface area contributed by atoms with Gasteiger partial charge in [0.2, 0.25) is 5.91 Å². The van der Waals surface area contributed by atoms with Gasteiger partial charge in [-0.15, -0.1) is 0 Å². The van der Waals surface area contributed by atoms with Crippen molar-refractivity contribution in [1.29, 1.82) is 0 Å². The molecule has 0 spiro atoms. The molecule has 1 heterocycles. The van der Waals surface area contributed by atoms with Gasteiger partial charge in [-0.3, -0.25) is 9.69 Å². The van der Waals surface area contributed by atoms with Gasteiger partial charge in [-0.05, 0) is 35.9 Å². The molecular weight excluding hydrogens is 367 g/mol. The molecule has 0 bridgehead atoms. The van der Waals surface area contributed by atoms with E-state index in [0.717, 1.165) is 4.90 Å². The Kier molecular flexibility index (Phi) is 6.21. The lowest BCUT2D eigenvalue weighted by atomic mass is 10.1. The molecule has 0 radical (unpaired) electrons. The van der Waals surface area contributed by atoms with Crippen LogP contribution in [0.2, 0.25) is 0 Å². The molecule has 7 nitrogen and oxygen atoms in total. The first-order chi connectivity index (χ1) is 13.5. The number of benzene rings is 2. The van der Waals surface area contributed by atoms with E-state index in [9.17, 15) is 18.8 Å². The summed E-state index contributed by atoms with van der Waals surface area (Å²) >= 11 is 0. The second-order valence-electron chi connectivity index (χ2n) is 6.09. The Morgan fingerprint density at radius 1 is 1.07 bits per heavy atom. The largest absolute Gasteiger partial charge is 0.493 e. The highest BCUT2D eigenvalue weighted by molar-refractivity contribution is 6.02. The van der Waals surface area contributed by atoms with E-state index in [0.29, 0.717) is 29.9 Å². The van der Waals surface area contributed by atoms with Crippen molar-refractivity contribution in [3.63, 3.8) is 0 Å². The lowest BCUT2D eigenvalue weighted by Gasteiger charge is -2.15. The minimum Gasteiger partial charge on any atom is -0.493 e. The second-order valence-corrected chi connectivity index (χ2v) is 6.09. The van der Waals surface area contributed by atoms with Gasteiger partial charge in [0.1, 0.15) is 11.6 Å². The Labute approximate surface area is 161 Å². The minimum absolute atomic E-state index is 0.00359. The number of nitrogens with one attached hydrogen (secondary N) is 1. The maximum absolute atomic E-state index is 12.8. The molecule has 0 aliphatic carbocycles. The number of ether oxygens (including phenoxy) is 2. The smallest absolute Gasteiger partial charge is 0.338 e. The van der Waals surface area contributed by atoms with Gasteiger partial charge in [0, 0.05) is 6.42 Å². The first-order valence-corrected chi connectivity index (χ1v) is 8.76. The van der Waals surface area contributed by atoms with Gasteiger partial charge in [0.05, 0.1) is 31.9 Å². The zero-order valence-corrected chi connectivity index (χ0v) is 15.0. The molecule has 1 aliphatic heterocycles. The third-order valence-electron chi connectivity index (χ3n) is 4.11. The van der Waals surface area contributed by atoms with Crippen molar-refractivity contribution < 1.29 is 28.2 Å². The number of halogens is 1. The van der Waals surface area contributed by atoms with E-state index in [4.69, 9.17) is 9.47 Å². The lowest BCUT2D eigenvalue weighted by Crippen LogP contribution is -2.31. The summed E-state index contributed by atoms with van der Waals surface area (Å²) in [6, 6.07) is 11.8. The molecule has 0 aromatic heterocycles. The van der Waals surface area contributed by atoms with Crippen LogP contribution >= 0.6 is 0 Å². The van der Waals surface area contributed by atoms with Crippen LogP contribution in [0.15, 0.2) is 48.5 Å². The number of carbonyl (C=O) groups excluding carboxylic acids is 3. The molecule has 1 fully saturated rings. The Bertz CT molecular complexity index is 853. The monoisotopic (exact) mass is 386 g/mol. The third kappa shape index (κ3) is 4.85. The molecule has 3 rings (SSSR count). The highest BCUT2D eigenvalue weighted by Crippen LogP contribution is 2.15. The Hall–Kier alpha value is -3.42. The summed E-state index contributed by atoms with van der Waals surface area (Å²) < 4.78 is 23.5. The number of imide groups is 1. The maximum Gasteiger partial charge on any atom is 0.338 e. The molecule has 1 N–H and O–H groups in total. The van der Waals surface area contributed by atoms with Crippen LogP contribution in [0, 0.1) is 5.82 Å². The Balaban J connectivity index is 1.49. The number of amides is 3. The predicted octanol–water partition coefficient (Wildman–Crippen LogP) is 2.50. The molecule has 2 aromatic rings. The van der Waals surface area contributed by atoms with Crippen molar-refractivity contribution in [3.05, 3.63) is 65.5 Å². The van der Waals surface area contributed by atoms with Crippen LogP contribution < -0.4 is 10.1 Å². The molecule has 146 valence electrons. The zero-order valence-electron chi connectivity index (χ0n) is 15.0. The molecule has 0 unspecified atom stereocenters. The Morgan fingerprint density at radius 2 is 1.82 bits per heavy atom. The molecule has 0 atom stereocenters. The van der Waals surface area contributed by atoms with E-state index in [1.165, 1.54) is 24.3 Å². The molecular formula is C20H19FN2O5. The van der Waals surface area contributed by atoms with Gasteiger partial charge < -0.3 is 14.8 Å². The number of hydrogen-bond acceptors (Lipinski definition) is 5. The lowest BCUT2D eigenvalue weighted by molar-refractivity contribution is -0.125. The van der Waals surface area contributed by atoms with Crippen molar-refractivity contribution in [2.45, 2.75) is 13.0 Å². The quantitative estimate of drug-likeness (QED) is 0.428. The summed E-state index contributed by atoms with van der Waals surface area (Å²) in [6.45, 7) is 0.406. The predicted molar refractivity (Wildman–Crippen MR) is 97.2 cm³/mol. The van der Waals surface area contributed by atoms with Crippen molar-refractivity contribution in [2.75, 3.05) is 19.8 Å². The number of urea groups is 1. The van der Waals surface area contributed by atoms with Crippen molar-refractivity contribution >= 4 is 17.9 Å². The van der Waals surface area contributed by atoms with Crippen LogP contribution in [0.25, 0.3) is 0 Å². The van der Waals surface area contributed by atoms with Gasteiger partial charge in [0.25, 0.3) is 0 Å². The van der Waals surface area contributed by atoms with E-state index in [-0.39, 0.29) is 31.4 Å². The average molecular weight is 386 g/mol. The fourth-order valence-corrected chi connectivity index (χ4v) is 2.67. The summed E-state index contributed by atoms with van der Waals surface area (Å²) in [5.41, 5.74) is 0.829. The van der Waals surface area contributed by atoms with E-state index in [1.807, 2.05) is 0 Å². The summed E-state index contributed by atoms with van der Waals surface area (Å²) in [5, 5.41) is 2.44. The van der Waals surface area contributed by atoms with Crippen molar-refractivity contribution in [2.24, 2.45) is 0 Å². The van der Waals surface area contributed by atoms with Gasteiger partial charge in [-0.1, -0.05) is 18.2 Å². The van der Waals surface area contributed by atoms with Crippen LogP contribution in [0.1, 0.15) is 22.3 Å². The van der Waals surface area contributed by atoms with Gasteiger partial charge >= 0.3 is 12.0 Å². The normalized spacial score (nSPS) is 13.4. The summed E-state index contributed by atoms with van der Waals surface area (Å²) in [7, 11) is 0. The minimum atomic E-state index is -0.538. The highest BCUT2D eigenvalue weighted by Gasteiger charge is 2.29. The highest BCUT2D eigenvalue weighted by atomic mass is 19.1. The molecule has 28 heavy (non-hydrogen) atoms. The number of esters is 1. The van der Waals surface area contributed by atoms with E-state index < -0.39 is 12.0 Å². The first kappa shape index (κ1) is 19.3. The average Bonchev–Trinajstić information content (AvgIpc) is 3.01. The van der Waals surface area contributed by atoms with Crippen molar-refractivity contribution in [1.82, 2.24) is 10.2 Å². The molecule has 3 amide bonds. The van der Waals surface area contributed by atoms with E-state index >= 15 is 0 Å². The van der Waals surface area contributed by atoms with Gasteiger partial charge in [-0.25, -0.2) is 14.0 Å². The maximum atomic E-state index is 12.8. The topological polar surface area (TPSA) is 84.9 Å². The molecule has 8 heteroatoms. The fourth-order valence-electron chi connectivity index (χ4n) is 2.67. The zero-order chi connectivity index (χ0) is 19.9. The van der Waals surface area contributed by atoms with Crippen LogP contribution in [0.3, 0.4) is 0 Å². The number of rotatable bonds is 8. The van der Waals surface area contributed by atoms with Gasteiger partial charge in [-0.2, -0.15) is 0 Å². The summed E-state index contributed by atoms with van der Waals surface area (Å²) in [4.78, 5) is 36.9. The van der Waals surface area contributed by atoms with Gasteiger partial charge in [0.15, 0.2) is 0 Å². The first-order valence-electron chi connectivity index (χ1n) is 8.76. The van der Waals surface area contributed by atoms with E-state index in [1.54, 1.807) is 24.3 Å². The van der Waals surface area contributed by atoms with E-state index in [2.05, 4.69) is 5.32 Å². The number of nitrogens with zero attached hydrogens (tertiary/aromatic N) is 1.